The number of thiazole rings is 1. The van der Waals surface area contributed by atoms with Crippen molar-refractivity contribution in [1.29, 1.82) is 0 Å². The maximum absolute atomic E-state index is 12.2. The summed E-state index contributed by atoms with van der Waals surface area (Å²) >= 11 is 1.45. The van der Waals surface area contributed by atoms with E-state index in [1.54, 1.807) is 11.1 Å². The molecule has 1 fully saturated rings. The summed E-state index contributed by atoms with van der Waals surface area (Å²) < 4.78 is 0. The van der Waals surface area contributed by atoms with Crippen LogP contribution in [0.3, 0.4) is 0 Å². The number of anilines is 1. The topological polar surface area (TPSA) is 62.3 Å². The van der Waals surface area contributed by atoms with E-state index in [-0.39, 0.29) is 17.9 Å². The zero-order valence-corrected chi connectivity index (χ0v) is 12.1. The van der Waals surface area contributed by atoms with Crippen molar-refractivity contribution in [2.24, 2.45) is 0 Å². The van der Waals surface area contributed by atoms with Gasteiger partial charge in [0.2, 0.25) is 11.8 Å². The number of nitrogens with zero attached hydrogens (tertiary/aromatic N) is 2. The summed E-state index contributed by atoms with van der Waals surface area (Å²) in [6.45, 7) is 4.61. The largest absolute Gasteiger partial charge is 0.331 e. The second kappa shape index (κ2) is 6.14. The molecule has 2 heterocycles. The number of nitrogens with one attached hydrogen (secondary N) is 1. The van der Waals surface area contributed by atoms with Gasteiger partial charge in [-0.3, -0.25) is 9.59 Å². The first-order valence-corrected chi connectivity index (χ1v) is 7.46. The lowest BCUT2D eigenvalue weighted by atomic mass is 10.2. The van der Waals surface area contributed by atoms with Crippen LogP contribution in [0, 0.1) is 6.92 Å². The average Bonchev–Trinajstić information content (AvgIpc) is 2.98. The number of carbonyl (C=O) groups is 2. The van der Waals surface area contributed by atoms with Crippen LogP contribution in [0.4, 0.5) is 5.13 Å². The van der Waals surface area contributed by atoms with Crippen LogP contribution in [0.2, 0.25) is 0 Å². The molecule has 0 saturated carbocycles. The minimum absolute atomic E-state index is 0.0791. The maximum atomic E-state index is 12.2. The van der Waals surface area contributed by atoms with Crippen LogP contribution in [-0.2, 0) is 9.59 Å². The van der Waals surface area contributed by atoms with E-state index in [1.165, 1.54) is 11.3 Å². The summed E-state index contributed by atoms with van der Waals surface area (Å²) in [5.41, 5.74) is 0. The van der Waals surface area contributed by atoms with Gasteiger partial charge in [-0.2, -0.15) is 0 Å². The highest BCUT2D eigenvalue weighted by Crippen LogP contribution is 2.22. The van der Waals surface area contributed by atoms with Gasteiger partial charge in [-0.15, -0.1) is 11.3 Å². The Balaban J connectivity index is 1.99. The second-order valence-electron chi connectivity index (χ2n) is 4.76. The van der Waals surface area contributed by atoms with E-state index >= 15 is 0 Å². The molecule has 1 aromatic heterocycles. The zero-order chi connectivity index (χ0) is 13.8. The third-order valence-electron chi connectivity index (χ3n) is 3.19. The summed E-state index contributed by atoms with van der Waals surface area (Å²) in [6.07, 6.45) is 4.69. The highest BCUT2D eigenvalue weighted by molar-refractivity contribution is 7.15. The van der Waals surface area contributed by atoms with Gasteiger partial charge in [-0.25, -0.2) is 4.98 Å². The molecule has 6 heteroatoms. The van der Waals surface area contributed by atoms with E-state index in [0.29, 0.717) is 18.1 Å². The average molecular weight is 281 g/mol. The SMILES string of the molecule is CCCC(=O)N1CCCC1C(=O)Nc1ncc(C)s1. The molecule has 104 valence electrons. The van der Waals surface area contributed by atoms with Crippen molar-refractivity contribution in [2.45, 2.75) is 45.6 Å². The van der Waals surface area contributed by atoms with Gasteiger partial charge in [0.1, 0.15) is 6.04 Å². The molecule has 1 aliphatic rings. The van der Waals surface area contributed by atoms with Gasteiger partial charge in [-0.05, 0) is 26.2 Å². The first-order chi connectivity index (χ1) is 9.11. The fourth-order valence-corrected chi connectivity index (χ4v) is 2.96. The molecule has 1 aromatic rings. The molecule has 0 spiro atoms. The molecule has 0 aromatic carbocycles. The normalized spacial score (nSPS) is 18.6. The third-order valence-corrected chi connectivity index (χ3v) is 4.02. The molecule has 0 bridgehead atoms. The molecular formula is C13H19N3O2S. The highest BCUT2D eigenvalue weighted by Gasteiger charge is 2.33. The molecule has 19 heavy (non-hydrogen) atoms. The van der Waals surface area contributed by atoms with Crippen molar-refractivity contribution in [1.82, 2.24) is 9.88 Å². The number of aryl methyl sites for hydroxylation is 1. The number of rotatable bonds is 4. The first-order valence-electron chi connectivity index (χ1n) is 6.64. The molecule has 5 nitrogen and oxygen atoms in total. The summed E-state index contributed by atoms with van der Waals surface area (Å²) in [5, 5.41) is 3.41. The Labute approximate surface area is 117 Å². The van der Waals surface area contributed by atoms with Gasteiger partial charge in [0.05, 0.1) is 0 Å². The maximum Gasteiger partial charge on any atom is 0.248 e. The summed E-state index contributed by atoms with van der Waals surface area (Å²) in [7, 11) is 0. The molecule has 1 unspecified atom stereocenters. The Bertz CT molecular complexity index is 472. The molecular weight excluding hydrogens is 262 g/mol. The van der Waals surface area contributed by atoms with Crippen molar-refractivity contribution < 1.29 is 9.59 Å². The van der Waals surface area contributed by atoms with Gasteiger partial charge < -0.3 is 10.2 Å². The van der Waals surface area contributed by atoms with Crippen molar-refractivity contribution in [3.8, 4) is 0 Å². The predicted molar refractivity (Wildman–Crippen MR) is 75.1 cm³/mol. The molecule has 2 amide bonds. The Hall–Kier alpha value is -1.43. The lowest BCUT2D eigenvalue weighted by Gasteiger charge is -2.23. The minimum Gasteiger partial charge on any atom is -0.331 e. The van der Waals surface area contributed by atoms with E-state index in [4.69, 9.17) is 0 Å². The Morgan fingerprint density at radius 3 is 3.00 bits per heavy atom. The Kier molecular flexibility index (Phi) is 4.52. The fourth-order valence-electron chi connectivity index (χ4n) is 2.30. The monoisotopic (exact) mass is 281 g/mol. The van der Waals surface area contributed by atoms with E-state index < -0.39 is 0 Å². The number of aromatic nitrogens is 1. The third kappa shape index (κ3) is 3.32. The standard InChI is InChI=1S/C13H19N3O2S/c1-3-5-11(17)16-7-4-6-10(16)12(18)15-13-14-8-9(2)19-13/h8,10H,3-7H2,1-2H3,(H,14,15,18). The molecule has 0 aliphatic carbocycles. The Morgan fingerprint density at radius 1 is 1.58 bits per heavy atom. The fraction of sp³-hybridized carbons (Fsp3) is 0.615. The van der Waals surface area contributed by atoms with Crippen molar-refractivity contribution >= 4 is 28.3 Å². The van der Waals surface area contributed by atoms with Crippen molar-refractivity contribution in [3.63, 3.8) is 0 Å². The van der Waals surface area contributed by atoms with E-state index in [0.717, 1.165) is 24.1 Å². The smallest absolute Gasteiger partial charge is 0.248 e. The van der Waals surface area contributed by atoms with Crippen LogP contribution in [0.25, 0.3) is 0 Å². The zero-order valence-electron chi connectivity index (χ0n) is 11.3. The Morgan fingerprint density at radius 2 is 2.37 bits per heavy atom. The summed E-state index contributed by atoms with van der Waals surface area (Å²) in [5.74, 6) is -0.0354. The van der Waals surface area contributed by atoms with Gasteiger partial charge in [0.15, 0.2) is 5.13 Å². The molecule has 0 radical (unpaired) electrons. The molecule has 2 rings (SSSR count). The van der Waals surface area contributed by atoms with E-state index in [9.17, 15) is 9.59 Å². The highest BCUT2D eigenvalue weighted by atomic mass is 32.1. The number of hydrogen-bond donors (Lipinski definition) is 1. The van der Waals surface area contributed by atoms with Crippen LogP contribution < -0.4 is 5.32 Å². The van der Waals surface area contributed by atoms with Gasteiger partial charge in [0, 0.05) is 24.0 Å². The van der Waals surface area contributed by atoms with Crippen LogP contribution in [0.15, 0.2) is 6.20 Å². The van der Waals surface area contributed by atoms with Crippen LogP contribution in [0.1, 0.15) is 37.5 Å². The van der Waals surface area contributed by atoms with Crippen molar-refractivity contribution in [2.75, 3.05) is 11.9 Å². The number of likely N-dealkylation sites (tertiary alicyclic amines) is 1. The summed E-state index contributed by atoms with van der Waals surface area (Å²) in [4.78, 5) is 31.0. The van der Waals surface area contributed by atoms with Crippen molar-refractivity contribution in [3.05, 3.63) is 11.1 Å². The predicted octanol–water partition coefficient (Wildman–Crippen LogP) is 2.18. The quantitative estimate of drug-likeness (QED) is 0.920. The lowest BCUT2D eigenvalue weighted by Crippen LogP contribution is -2.43. The van der Waals surface area contributed by atoms with Gasteiger partial charge in [-0.1, -0.05) is 6.92 Å². The van der Waals surface area contributed by atoms with Gasteiger partial charge in [0.25, 0.3) is 0 Å². The van der Waals surface area contributed by atoms with Crippen LogP contribution in [-0.4, -0.2) is 34.3 Å². The van der Waals surface area contributed by atoms with Gasteiger partial charge >= 0.3 is 0 Å². The van der Waals surface area contributed by atoms with Crippen LogP contribution in [0.5, 0.6) is 0 Å². The number of amides is 2. The molecule has 1 saturated heterocycles. The van der Waals surface area contributed by atoms with Crippen LogP contribution >= 0.6 is 11.3 Å². The number of hydrogen-bond acceptors (Lipinski definition) is 4. The molecule has 1 N–H and O–H groups in total. The first kappa shape index (κ1) is 14.0. The number of carbonyl (C=O) groups excluding carboxylic acids is 2. The molecule has 1 aliphatic heterocycles. The van der Waals surface area contributed by atoms with E-state index in [1.807, 2.05) is 13.8 Å². The second-order valence-corrected chi connectivity index (χ2v) is 6.00. The minimum atomic E-state index is -0.330. The molecule has 1 atom stereocenters. The lowest BCUT2D eigenvalue weighted by molar-refractivity contribution is -0.136. The van der Waals surface area contributed by atoms with E-state index in [2.05, 4.69) is 10.3 Å². The summed E-state index contributed by atoms with van der Waals surface area (Å²) in [6, 6.07) is -0.330.